The van der Waals surface area contributed by atoms with Gasteiger partial charge in [0.25, 0.3) is 0 Å². The van der Waals surface area contributed by atoms with Crippen LogP contribution in [-0.2, 0) is 4.74 Å². The van der Waals surface area contributed by atoms with Crippen molar-refractivity contribution in [3.8, 4) is 0 Å². The Morgan fingerprint density at radius 1 is 0.909 bits per heavy atom. The van der Waals surface area contributed by atoms with Crippen molar-refractivity contribution in [3.63, 3.8) is 0 Å². The number of rotatable bonds is 10. The Bertz CT molecular complexity index is 278. The van der Waals surface area contributed by atoms with Crippen LogP contribution in [0.15, 0.2) is 12.2 Å². The van der Waals surface area contributed by atoms with Crippen molar-refractivity contribution in [1.29, 1.82) is 0 Å². The molecule has 0 unspecified atom stereocenters. The summed E-state index contributed by atoms with van der Waals surface area (Å²) < 4.78 is 12.1. The molecule has 22 heavy (non-hydrogen) atoms. The first-order chi connectivity index (χ1) is 10.7. The van der Waals surface area contributed by atoms with Gasteiger partial charge in [0.2, 0.25) is 0 Å². The van der Waals surface area contributed by atoms with Crippen LogP contribution in [0.25, 0.3) is 0 Å². The normalized spacial score (nSPS) is 24.7. The third kappa shape index (κ3) is 6.95. The van der Waals surface area contributed by atoms with Crippen molar-refractivity contribution >= 4 is 18.4 Å². The van der Waals surface area contributed by atoms with Gasteiger partial charge in [0.1, 0.15) is 0 Å². The van der Waals surface area contributed by atoms with E-state index in [1.165, 1.54) is 51.4 Å². The van der Waals surface area contributed by atoms with E-state index in [1.807, 2.05) is 0 Å². The van der Waals surface area contributed by atoms with E-state index in [4.69, 9.17) is 4.74 Å². The predicted molar refractivity (Wildman–Crippen MR) is 102 cm³/mol. The van der Waals surface area contributed by atoms with E-state index in [2.05, 4.69) is 39.8 Å². The molecule has 2 atom stereocenters. The standard InChI is InChI=1S/C8H13O.3C4H9.Sn/c1-8-6-4-2-3-5-7-9-8;3*1-3-4-2;/h2,4,7-8H,3,5-6H2,1H3;3*1,3-4H2,2H3;/b4-2-;;;;/t8-;;;;/m1..../s1. The molecule has 0 N–H and O–H groups in total. The molecule has 0 amide bonds. The number of unbranched alkanes of at least 4 members (excludes halogenated alkanes) is 3. The van der Waals surface area contributed by atoms with Crippen molar-refractivity contribution in [1.82, 2.24) is 0 Å². The Labute approximate surface area is 144 Å². The molecule has 0 fully saturated rings. The minimum atomic E-state index is -2.20. The molecule has 0 bridgehead atoms. The molecule has 2 heteroatoms. The van der Waals surface area contributed by atoms with E-state index < -0.39 is 18.4 Å². The van der Waals surface area contributed by atoms with Crippen LogP contribution in [0, 0.1) is 0 Å². The third-order valence-corrected chi connectivity index (χ3v) is 22.1. The Balaban J connectivity index is 2.92. The monoisotopic (exact) mass is 416 g/mol. The molecular formula is C20H40OSn. The first-order valence-electron chi connectivity index (χ1n) is 9.99. The maximum atomic E-state index is 6.69. The van der Waals surface area contributed by atoms with E-state index in [0.29, 0.717) is 10.2 Å². The number of allylic oxidation sites excluding steroid dienone is 1. The van der Waals surface area contributed by atoms with Crippen LogP contribution >= 0.6 is 0 Å². The molecule has 0 aromatic carbocycles. The van der Waals surface area contributed by atoms with Crippen molar-refractivity contribution < 1.29 is 4.74 Å². The van der Waals surface area contributed by atoms with Gasteiger partial charge in [-0.15, -0.1) is 0 Å². The fraction of sp³-hybridized carbons (Fsp3) is 0.900. The van der Waals surface area contributed by atoms with Gasteiger partial charge in [0.05, 0.1) is 0 Å². The number of ether oxygens (including phenoxy) is 1. The summed E-state index contributed by atoms with van der Waals surface area (Å²) in [6.07, 6.45) is 17.3. The van der Waals surface area contributed by atoms with Crippen LogP contribution in [0.5, 0.6) is 0 Å². The molecular weight excluding hydrogens is 375 g/mol. The number of hydrogen-bond donors (Lipinski definition) is 0. The Morgan fingerprint density at radius 2 is 1.45 bits per heavy atom. The van der Waals surface area contributed by atoms with Gasteiger partial charge >= 0.3 is 144 Å². The molecule has 1 heterocycles. The van der Waals surface area contributed by atoms with Gasteiger partial charge in [0, 0.05) is 0 Å². The second-order valence-electron chi connectivity index (χ2n) is 7.39. The van der Waals surface area contributed by atoms with Gasteiger partial charge < -0.3 is 0 Å². The van der Waals surface area contributed by atoms with Crippen LogP contribution in [0.2, 0.25) is 13.3 Å². The van der Waals surface area contributed by atoms with Gasteiger partial charge in [-0.2, -0.15) is 0 Å². The first-order valence-corrected chi connectivity index (χ1v) is 17.7. The third-order valence-electron chi connectivity index (χ3n) is 5.39. The van der Waals surface area contributed by atoms with Gasteiger partial charge in [-0.25, -0.2) is 0 Å². The average Bonchev–Trinajstić information content (AvgIpc) is 2.50. The quantitative estimate of drug-likeness (QED) is 0.279. The van der Waals surface area contributed by atoms with Gasteiger partial charge in [-0.1, -0.05) is 0 Å². The van der Waals surface area contributed by atoms with Gasteiger partial charge in [-0.3, -0.25) is 0 Å². The summed E-state index contributed by atoms with van der Waals surface area (Å²) in [6, 6.07) is 0. The van der Waals surface area contributed by atoms with E-state index in [-0.39, 0.29) is 0 Å². The van der Waals surface area contributed by atoms with Crippen LogP contribution in [0.3, 0.4) is 0 Å². The van der Waals surface area contributed by atoms with Gasteiger partial charge in [0.15, 0.2) is 0 Å². The van der Waals surface area contributed by atoms with Crippen LogP contribution < -0.4 is 0 Å². The fourth-order valence-corrected chi connectivity index (χ4v) is 21.6. The Kier molecular flexibility index (Phi) is 11.2. The van der Waals surface area contributed by atoms with E-state index >= 15 is 0 Å². The molecule has 0 aromatic rings. The summed E-state index contributed by atoms with van der Waals surface area (Å²) >= 11 is -2.20. The molecule has 0 saturated heterocycles. The molecule has 0 aromatic heterocycles. The van der Waals surface area contributed by atoms with Gasteiger partial charge in [-0.05, 0) is 0 Å². The van der Waals surface area contributed by atoms with Crippen molar-refractivity contribution in [3.05, 3.63) is 12.2 Å². The van der Waals surface area contributed by atoms with Crippen molar-refractivity contribution in [2.24, 2.45) is 0 Å². The SMILES string of the molecule is CCC[CH2][Sn]([CH2]CCC)([CH2]CCC)[C@H]1CC/C=C\C[C@@H](C)O1. The molecule has 0 saturated carbocycles. The van der Waals surface area contributed by atoms with Crippen molar-refractivity contribution in [2.45, 2.75) is 109 Å². The van der Waals surface area contributed by atoms with Crippen molar-refractivity contribution in [2.75, 3.05) is 0 Å². The molecule has 0 aliphatic carbocycles. The Morgan fingerprint density at radius 3 is 1.95 bits per heavy atom. The van der Waals surface area contributed by atoms with E-state index in [9.17, 15) is 0 Å². The molecule has 0 radical (unpaired) electrons. The molecule has 1 aliphatic heterocycles. The summed E-state index contributed by atoms with van der Waals surface area (Å²) in [5, 5.41) is 0. The zero-order valence-corrected chi connectivity index (χ0v) is 18.6. The fourth-order valence-electron chi connectivity index (χ4n) is 3.95. The molecule has 1 nitrogen and oxygen atoms in total. The Hall–Kier alpha value is 0.499. The molecule has 0 spiro atoms. The summed E-state index contributed by atoms with van der Waals surface area (Å²) in [7, 11) is 0. The second kappa shape index (κ2) is 11.9. The molecule has 1 rings (SSSR count). The first kappa shape index (κ1) is 20.5. The molecule has 1 aliphatic rings. The topological polar surface area (TPSA) is 9.23 Å². The number of hydrogen-bond acceptors (Lipinski definition) is 1. The summed E-state index contributed by atoms with van der Waals surface area (Å²) in [4.78, 5) is 0. The summed E-state index contributed by atoms with van der Waals surface area (Å²) in [5.74, 6) is 0. The zero-order chi connectivity index (χ0) is 16.3. The van der Waals surface area contributed by atoms with E-state index in [1.54, 1.807) is 13.3 Å². The van der Waals surface area contributed by atoms with Crippen LogP contribution in [0.1, 0.15) is 85.5 Å². The summed E-state index contributed by atoms with van der Waals surface area (Å²) in [6.45, 7) is 9.38. The maximum absolute atomic E-state index is 6.69. The second-order valence-corrected chi connectivity index (χ2v) is 21.3. The van der Waals surface area contributed by atoms with Crippen LogP contribution in [-0.4, -0.2) is 28.6 Å². The zero-order valence-electron chi connectivity index (χ0n) is 15.7. The average molecular weight is 415 g/mol. The van der Waals surface area contributed by atoms with E-state index in [0.717, 1.165) is 6.42 Å². The van der Waals surface area contributed by atoms with Crippen LogP contribution in [0.4, 0.5) is 0 Å². The summed E-state index contributed by atoms with van der Waals surface area (Å²) in [5.41, 5.74) is 0. The minimum absolute atomic E-state index is 0.433. The molecule has 130 valence electrons. The predicted octanol–water partition coefficient (Wildman–Crippen LogP) is 6.89.